The minimum absolute atomic E-state index is 0.135. The lowest BCUT2D eigenvalue weighted by Crippen LogP contribution is -2.29. The molecule has 1 heterocycles. The Kier molecular flexibility index (Phi) is 2.44. The summed E-state index contributed by atoms with van der Waals surface area (Å²) in [6.45, 7) is 0. The third-order valence-corrected chi connectivity index (χ3v) is 3.56. The minimum atomic E-state index is 0.135. The fraction of sp³-hybridized carbons (Fsp3) is 0.333. The first-order chi connectivity index (χ1) is 7.84. The van der Waals surface area contributed by atoms with Gasteiger partial charge in [0.25, 0.3) is 0 Å². The second kappa shape index (κ2) is 3.94. The van der Waals surface area contributed by atoms with Crippen molar-refractivity contribution < 1.29 is 4.79 Å². The molecule has 1 aromatic carbocycles. The van der Waals surface area contributed by atoms with Crippen LogP contribution in [-0.4, -0.2) is 22.9 Å². The van der Waals surface area contributed by atoms with E-state index in [2.05, 4.69) is 4.99 Å². The summed E-state index contributed by atoms with van der Waals surface area (Å²) in [5, 5.41) is 0.874. The van der Waals surface area contributed by atoms with E-state index >= 15 is 0 Å². The Bertz CT molecular complexity index is 440. The molecule has 1 aliphatic carbocycles. The summed E-state index contributed by atoms with van der Waals surface area (Å²) in [6.07, 6.45) is 2.34. The molecule has 1 amide bonds. The Morgan fingerprint density at radius 3 is 2.69 bits per heavy atom. The molecule has 0 aromatic heterocycles. The fourth-order valence-corrected chi connectivity index (χ4v) is 2.59. The van der Waals surface area contributed by atoms with Crippen LogP contribution >= 0.6 is 11.8 Å². The standard InChI is InChI=1S/C12H12N2OS/c15-11-8-16-12(13-9-6-7-9)14(11)10-4-2-1-3-5-10/h1-5,9H,6-8H2. The van der Waals surface area contributed by atoms with Crippen LogP contribution in [-0.2, 0) is 4.79 Å². The zero-order chi connectivity index (χ0) is 11.0. The minimum Gasteiger partial charge on any atom is -0.273 e. The van der Waals surface area contributed by atoms with E-state index in [1.165, 1.54) is 12.8 Å². The highest BCUT2D eigenvalue weighted by atomic mass is 32.2. The smallest absolute Gasteiger partial charge is 0.243 e. The molecule has 0 spiro atoms. The quantitative estimate of drug-likeness (QED) is 0.783. The molecule has 0 atom stereocenters. The third-order valence-electron chi connectivity index (χ3n) is 2.62. The largest absolute Gasteiger partial charge is 0.273 e. The van der Waals surface area contributed by atoms with E-state index in [4.69, 9.17) is 0 Å². The number of aliphatic imine (C=N–C) groups is 1. The molecule has 2 aliphatic rings. The lowest BCUT2D eigenvalue weighted by Gasteiger charge is -2.15. The van der Waals surface area contributed by atoms with E-state index in [1.54, 1.807) is 16.7 Å². The van der Waals surface area contributed by atoms with Crippen LogP contribution in [0.25, 0.3) is 0 Å². The van der Waals surface area contributed by atoms with Gasteiger partial charge >= 0.3 is 0 Å². The van der Waals surface area contributed by atoms with Crippen molar-refractivity contribution in [2.75, 3.05) is 10.7 Å². The Hall–Kier alpha value is -1.29. The molecule has 0 unspecified atom stereocenters. The van der Waals surface area contributed by atoms with Gasteiger partial charge in [-0.05, 0) is 25.0 Å². The first kappa shape index (κ1) is 9.90. The van der Waals surface area contributed by atoms with Gasteiger partial charge in [0.2, 0.25) is 5.91 Å². The van der Waals surface area contributed by atoms with Gasteiger partial charge in [-0.3, -0.25) is 14.7 Å². The Balaban J connectivity index is 1.93. The predicted octanol–water partition coefficient (Wildman–Crippen LogP) is 2.28. The van der Waals surface area contributed by atoms with Crippen molar-refractivity contribution >= 4 is 28.5 Å². The SMILES string of the molecule is O=C1CSC(=NC2CC2)N1c1ccccc1. The number of hydrogen-bond acceptors (Lipinski definition) is 3. The van der Waals surface area contributed by atoms with Gasteiger partial charge in [0.15, 0.2) is 5.17 Å². The molecule has 82 valence electrons. The molecule has 3 rings (SSSR count). The van der Waals surface area contributed by atoms with Gasteiger partial charge in [-0.25, -0.2) is 0 Å². The molecule has 1 aliphatic heterocycles. The maximum atomic E-state index is 11.8. The first-order valence-electron chi connectivity index (χ1n) is 5.43. The molecular formula is C12H12N2OS. The van der Waals surface area contributed by atoms with Crippen molar-refractivity contribution in [2.24, 2.45) is 4.99 Å². The summed E-state index contributed by atoms with van der Waals surface area (Å²) in [7, 11) is 0. The van der Waals surface area contributed by atoms with E-state index in [-0.39, 0.29) is 5.91 Å². The number of benzene rings is 1. The summed E-state index contributed by atoms with van der Waals surface area (Å²) in [5.74, 6) is 0.649. The van der Waals surface area contributed by atoms with Gasteiger partial charge in [-0.2, -0.15) is 0 Å². The molecule has 2 fully saturated rings. The van der Waals surface area contributed by atoms with Gasteiger partial charge < -0.3 is 0 Å². The van der Waals surface area contributed by atoms with Crippen molar-refractivity contribution in [3.8, 4) is 0 Å². The van der Waals surface area contributed by atoms with Crippen molar-refractivity contribution in [3.05, 3.63) is 30.3 Å². The van der Waals surface area contributed by atoms with Gasteiger partial charge in [0.05, 0.1) is 17.5 Å². The molecule has 1 saturated carbocycles. The summed E-state index contributed by atoms with van der Waals surface area (Å²) < 4.78 is 0. The van der Waals surface area contributed by atoms with Gasteiger partial charge in [0, 0.05) is 0 Å². The number of para-hydroxylation sites is 1. The lowest BCUT2D eigenvalue weighted by atomic mass is 10.3. The average molecular weight is 232 g/mol. The van der Waals surface area contributed by atoms with Crippen LogP contribution in [0.4, 0.5) is 5.69 Å². The Labute approximate surface area is 98.5 Å². The number of carbonyl (C=O) groups excluding carboxylic acids is 1. The van der Waals surface area contributed by atoms with E-state index in [0.29, 0.717) is 11.8 Å². The molecule has 1 aromatic rings. The molecule has 3 nitrogen and oxygen atoms in total. The van der Waals surface area contributed by atoms with Crippen LogP contribution in [0.2, 0.25) is 0 Å². The maximum Gasteiger partial charge on any atom is 0.243 e. The predicted molar refractivity (Wildman–Crippen MR) is 66.8 cm³/mol. The van der Waals surface area contributed by atoms with Gasteiger partial charge in [-0.15, -0.1) is 0 Å². The molecule has 0 N–H and O–H groups in total. The summed E-state index contributed by atoms with van der Waals surface area (Å²) in [6, 6.07) is 10.2. The molecule has 16 heavy (non-hydrogen) atoms. The van der Waals surface area contributed by atoms with Crippen LogP contribution in [0.1, 0.15) is 12.8 Å². The van der Waals surface area contributed by atoms with Crippen molar-refractivity contribution in [1.29, 1.82) is 0 Å². The highest BCUT2D eigenvalue weighted by Gasteiger charge is 2.32. The molecular weight excluding hydrogens is 220 g/mol. The molecule has 0 bridgehead atoms. The summed E-state index contributed by atoms with van der Waals surface area (Å²) >= 11 is 1.55. The topological polar surface area (TPSA) is 32.7 Å². The number of amidine groups is 1. The fourth-order valence-electron chi connectivity index (χ4n) is 1.65. The number of amides is 1. The first-order valence-corrected chi connectivity index (χ1v) is 6.42. The lowest BCUT2D eigenvalue weighted by molar-refractivity contribution is -0.115. The highest BCUT2D eigenvalue weighted by Crippen LogP contribution is 2.31. The number of hydrogen-bond donors (Lipinski definition) is 0. The monoisotopic (exact) mass is 232 g/mol. The van der Waals surface area contributed by atoms with Crippen molar-refractivity contribution in [1.82, 2.24) is 0 Å². The van der Waals surface area contributed by atoms with Crippen molar-refractivity contribution in [2.45, 2.75) is 18.9 Å². The van der Waals surface area contributed by atoms with E-state index < -0.39 is 0 Å². The molecule has 4 heteroatoms. The zero-order valence-corrected chi connectivity index (χ0v) is 9.61. The second-order valence-electron chi connectivity index (χ2n) is 4.00. The van der Waals surface area contributed by atoms with Crippen molar-refractivity contribution in [3.63, 3.8) is 0 Å². The summed E-state index contributed by atoms with van der Waals surface area (Å²) in [5.41, 5.74) is 0.928. The van der Waals surface area contributed by atoms with Gasteiger partial charge in [-0.1, -0.05) is 30.0 Å². The number of rotatable bonds is 2. The van der Waals surface area contributed by atoms with Crippen LogP contribution < -0.4 is 4.90 Å². The number of carbonyl (C=O) groups is 1. The van der Waals surface area contributed by atoms with Crippen LogP contribution in [0.3, 0.4) is 0 Å². The number of nitrogens with zero attached hydrogens (tertiary/aromatic N) is 2. The maximum absolute atomic E-state index is 11.8. The number of thioether (sulfide) groups is 1. The molecule has 1 saturated heterocycles. The zero-order valence-electron chi connectivity index (χ0n) is 8.80. The molecule has 0 radical (unpaired) electrons. The van der Waals surface area contributed by atoms with E-state index in [9.17, 15) is 4.79 Å². The Morgan fingerprint density at radius 1 is 1.25 bits per heavy atom. The van der Waals surface area contributed by atoms with Crippen LogP contribution in [0, 0.1) is 0 Å². The van der Waals surface area contributed by atoms with E-state index in [0.717, 1.165) is 10.9 Å². The normalized spacial score (nSPS) is 23.1. The van der Waals surface area contributed by atoms with Crippen LogP contribution in [0.5, 0.6) is 0 Å². The second-order valence-corrected chi connectivity index (χ2v) is 4.94. The van der Waals surface area contributed by atoms with E-state index in [1.807, 2.05) is 30.3 Å². The number of anilines is 1. The summed E-state index contributed by atoms with van der Waals surface area (Å²) in [4.78, 5) is 18.1. The average Bonchev–Trinajstić information content (AvgIpc) is 3.04. The highest BCUT2D eigenvalue weighted by molar-refractivity contribution is 8.15. The Morgan fingerprint density at radius 2 is 2.00 bits per heavy atom. The third kappa shape index (κ3) is 1.85. The van der Waals surface area contributed by atoms with Crippen LogP contribution in [0.15, 0.2) is 35.3 Å². The van der Waals surface area contributed by atoms with Gasteiger partial charge in [0.1, 0.15) is 0 Å².